The van der Waals surface area contributed by atoms with Crippen molar-refractivity contribution in [3.63, 3.8) is 0 Å². The molecule has 0 aliphatic carbocycles. The predicted octanol–water partition coefficient (Wildman–Crippen LogP) is 2.80. The molecule has 1 N–H and O–H groups in total. The van der Waals surface area contributed by atoms with E-state index in [1.54, 1.807) is 0 Å². The Balaban J connectivity index is 0. The van der Waals surface area contributed by atoms with Crippen LogP contribution >= 0.6 is 0 Å². The fourth-order valence-corrected chi connectivity index (χ4v) is 1.53. The molecular formula is C11H23EuNO. The van der Waals surface area contributed by atoms with E-state index >= 15 is 0 Å². The van der Waals surface area contributed by atoms with Gasteiger partial charge in [0.05, 0.1) is 0 Å². The third-order valence-electron chi connectivity index (χ3n) is 2.37. The van der Waals surface area contributed by atoms with Crippen LogP contribution in [0.5, 0.6) is 0 Å². The van der Waals surface area contributed by atoms with Crippen LogP contribution in [0.25, 0.3) is 0 Å². The number of aliphatic hydroxyl groups is 1. The summed E-state index contributed by atoms with van der Waals surface area (Å²) in [5, 5.41) is 10.2. The number of hydrogen-bond donors (Lipinski definition) is 1. The summed E-state index contributed by atoms with van der Waals surface area (Å²) in [5.74, 6) is 0. The molecule has 3 heteroatoms. The van der Waals surface area contributed by atoms with E-state index in [1.807, 2.05) is 27.7 Å². The number of aliphatic imine (C=N–C) groups is 1. The summed E-state index contributed by atoms with van der Waals surface area (Å²) in [6.45, 7) is 10.1. The molecule has 0 bridgehead atoms. The molecule has 0 rings (SSSR count). The first-order valence-corrected chi connectivity index (χ1v) is 5.23. The standard InChI is InChI=1S/C11H23NO.Eu/c1-6-8-11(13,7-2)10(5)12-9(3)4;/h9,13H,6-8H2,1-5H3;. The normalized spacial score (nSPS) is 16.4. The molecule has 1 radical (unpaired) electrons. The van der Waals surface area contributed by atoms with Crippen LogP contribution in [0.4, 0.5) is 0 Å². The van der Waals surface area contributed by atoms with Gasteiger partial charge in [-0.25, -0.2) is 0 Å². The molecule has 0 saturated carbocycles. The fraction of sp³-hybridized carbons (Fsp3) is 0.909. The molecule has 0 aromatic rings. The maximum Gasteiger partial charge on any atom is 0.102 e. The maximum absolute atomic E-state index is 10.2. The summed E-state index contributed by atoms with van der Waals surface area (Å²) in [7, 11) is 0. The third-order valence-corrected chi connectivity index (χ3v) is 2.37. The van der Waals surface area contributed by atoms with Crippen LogP contribution in [0.2, 0.25) is 0 Å². The summed E-state index contributed by atoms with van der Waals surface area (Å²) < 4.78 is 0. The minimum absolute atomic E-state index is 0. The second-order valence-corrected chi connectivity index (χ2v) is 3.94. The van der Waals surface area contributed by atoms with Gasteiger partial charge in [-0.3, -0.25) is 4.99 Å². The molecule has 85 valence electrons. The van der Waals surface area contributed by atoms with Gasteiger partial charge in [-0.2, -0.15) is 0 Å². The van der Waals surface area contributed by atoms with Gasteiger partial charge < -0.3 is 5.11 Å². The van der Waals surface area contributed by atoms with E-state index in [9.17, 15) is 5.11 Å². The van der Waals surface area contributed by atoms with Crippen LogP contribution in [0.1, 0.15) is 53.9 Å². The van der Waals surface area contributed by atoms with Crippen molar-refractivity contribution in [3.05, 3.63) is 0 Å². The van der Waals surface area contributed by atoms with Gasteiger partial charge in [-0.1, -0.05) is 20.3 Å². The Morgan fingerprint density at radius 2 is 1.86 bits per heavy atom. The van der Waals surface area contributed by atoms with Crippen LogP contribution < -0.4 is 0 Å². The zero-order chi connectivity index (χ0) is 10.5. The second-order valence-electron chi connectivity index (χ2n) is 3.94. The van der Waals surface area contributed by atoms with Gasteiger partial charge in [0.1, 0.15) is 5.60 Å². The molecule has 0 spiro atoms. The van der Waals surface area contributed by atoms with E-state index < -0.39 is 5.60 Å². The molecule has 2 nitrogen and oxygen atoms in total. The molecule has 0 aromatic heterocycles. The van der Waals surface area contributed by atoms with Gasteiger partial charge in [0.25, 0.3) is 0 Å². The molecule has 0 aliphatic rings. The van der Waals surface area contributed by atoms with E-state index in [0.29, 0.717) is 0 Å². The van der Waals surface area contributed by atoms with Gasteiger partial charge in [0.15, 0.2) is 0 Å². The second kappa shape index (κ2) is 8.38. The smallest absolute Gasteiger partial charge is 0.102 e. The molecule has 0 heterocycles. The molecule has 0 fully saturated rings. The SMILES string of the molecule is CCCC(O)(CC)C(C)=NC(C)C.[Eu]. The van der Waals surface area contributed by atoms with Crippen LogP contribution in [0.15, 0.2) is 4.99 Å². The molecule has 0 aliphatic heterocycles. The van der Waals surface area contributed by atoms with Crippen molar-refractivity contribution in [1.82, 2.24) is 0 Å². The maximum atomic E-state index is 10.2. The summed E-state index contributed by atoms with van der Waals surface area (Å²) in [6, 6.07) is 0.273. The van der Waals surface area contributed by atoms with Crippen molar-refractivity contribution in [2.24, 2.45) is 4.99 Å². The molecular weight excluding hydrogens is 314 g/mol. The number of rotatable bonds is 5. The first-order chi connectivity index (χ1) is 5.96. The van der Waals surface area contributed by atoms with Gasteiger partial charge in [-0.05, 0) is 33.6 Å². The molecule has 14 heavy (non-hydrogen) atoms. The zero-order valence-corrected chi connectivity index (χ0v) is 12.4. The van der Waals surface area contributed by atoms with Crippen molar-refractivity contribution in [2.45, 2.75) is 65.5 Å². The minimum atomic E-state index is -0.668. The number of hydrogen-bond acceptors (Lipinski definition) is 2. The minimum Gasteiger partial charge on any atom is -0.384 e. The van der Waals surface area contributed by atoms with E-state index in [1.165, 1.54) is 0 Å². The average Bonchev–Trinajstić information content (AvgIpc) is 2.03. The average molecular weight is 337 g/mol. The van der Waals surface area contributed by atoms with Gasteiger partial charge in [0, 0.05) is 61.1 Å². The zero-order valence-electron chi connectivity index (χ0n) is 9.97. The Hall–Kier alpha value is 1.21. The summed E-state index contributed by atoms with van der Waals surface area (Å²) in [5.41, 5.74) is 0.214. The van der Waals surface area contributed by atoms with Crippen molar-refractivity contribution in [1.29, 1.82) is 0 Å². The quantitative estimate of drug-likeness (QED) is 0.769. The largest absolute Gasteiger partial charge is 0.384 e. The summed E-state index contributed by atoms with van der Waals surface area (Å²) >= 11 is 0. The molecule has 1 unspecified atom stereocenters. The Morgan fingerprint density at radius 1 is 1.36 bits per heavy atom. The first-order valence-electron chi connectivity index (χ1n) is 5.23. The summed E-state index contributed by atoms with van der Waals surface area (Å²) in [6.07, 6.45) is 2.56. The van der Waals surface area contributed by atoms with Crippen molar-refractivity contribution < 1.29 is 54.5 Å². The number of nitrogens with zero attached hydrogens (tertiary/aromatic N) is 1. The van der Waals surface area contributed by atoms with Crippen LogP contribution in [-0.2, 0) is 0 Å². The monoisotopic (exact) mass is 338 g/mol. The van der Waals surface area contributed by atoms with Crippen LogP contribution in [-0.4, -0.2) is 22.5 Å². The van der Waals surface area contributed by atoms with Crippen LogP contribution in [0.3, 0.4) is 0 Å². The Kier molecular flexibility index (Phi) is 10.5. The topological polar surface area (TPSA) is 32.6 Å². The van der Waals surface area contributed by atoms with Crippen molar-refractivity contribution >= 4 is 5.71 Å². The molecule has 1 atom stereocenters. The Labute approximate surface area is 129 Å². The van der Waals surface area contributed by atoms with Crippen molar-refractivity contribution in [2.75, 3.05) is 0 Å². The van der Waals surface area contributed by atoms with E-state index in [-0.39, 0.29) is 55.4 Å². The van der Waals surface area contributed by atoms with Gasteiger partial charge >= 0.3 is 0 Å². The molecule has 0 aromatic carbocycles. The van der Waals surface area contributed by atoms with Crippen molar-refractivity contribution in [3.8, 4) is 0 Å². The van der Waals surface area contributed by atoms with Crippen LogP contribution in [0, 0.1) is 49.4 Å². The predicted molar refractivity (Wildman–Crippen MR) is 58.4 cm³/mol. The first kappa shape index (κ1) is 17.6. The summed E-state index contributed by atoms with van der Waals surface area (Å²) in [4.78, 5) is 4.41. The molecule has 0 saturated heterocycles. The fourth-order valence-electron chi connectivity index (χ4n) is 1.53. The molecule has 0 amide bonds. The Morgan fingerprint density at radius 3 is 2.14 bits per heavy atom. The van der Waals surface area contributed by atoms with E-state index in [2.05, 4.69) is 11.9 Å². The van der Waals surface area contributed by atoms with Gasteiger partial charge in [0.2, 0.25) is 0 Å². The van der Waals surface area contributed by atoms with E-state index in [4.69, 9.17) is 0 Å². The van der Waals surface area contributed by atoms with Gasteiger partial charge in [-0.15, -0.1) is 0 Å². The Bertz CT molecular complexity index is 180. The third kappa shape index (κ3) is 5.94. The van der Waals surface area contributed by atoms with E-state index in [0.717, 1.165) is 25.0 Å².